The van der Waals surface area contributed by atoms with Crippen LogP contribution >= 0.6 is 0 Å². The van der Waals surface area contributed by atoms with E-state index in [1.54, 1.807) is 109 Å². The second-order valence-electron chi connectivity index (χ2n) is 12.9. The molecule has 7 rings (SSSR count). The minimum atomic E-state index is -4.25. The highest BCUT2D eigenvalue weighted by molar-refractivity contribution is 7.86. The third kappa shape index (κ3) is 6.48. The van der Waals surface area contributed by atoms with Crippen LogP contribution in [-0.2, 0) is 39.8 Å². The Bertz CT molecular complexity index is 2210. The van der Waals surface area contributed by atoms with E-state index in [4.69, 9.17) is 36.8 Å². The predicted molar refractivity (Wildman–Crippen MR) is 199 cm³/mol. The van der Waals surface area contributed by atoms with Crippen LogP contribution in [0.1, 0.15) is 45.6 Å². The fraction of sp³-hybridized carbons (Fsp3) is 0.250. The third-order valence-electron chi connectivity index (χ3n) is 9.43. The van der Waals surface area contributed by atoms with Crippen molar-refractivity contribution in [3.63, 3.8) is 0 Å². The van der Waals surface area contributed by atoms with Crippen molar-refractivity contribution in [1.82, 2.24) is 0 Å². The molecule has 0 saturated heterocycles. The molecule has 0 aromatic heterocycles. The average molecular weight is 775 g/mol. The van der Waals surface area contributed by atoms with Crippen LogP contribution < -0.4 is 28.4 Å². The molecule has 2 aliphatic rings. The van der Waals surface area contributed by atoms with Crippen LogP contribution in [-0.4, -0.2) is 57.8 Å². The number of hydrogen-bond acceptors (Lipinski definition) is 12. The van der Waals surface area contributed by atoms with E-state index >= 15 is 0 Å². The normalized spacial score (nSPS) is 21.7. The van der Waals surface area contributed by atoms with Crippen molar-refractivity contribution in [2.75, 3.05) is 41.0 Å². The Morgan fingerprint density at radius 1 is 0.481 bits per heavy atom. The van der Waals surface area contributed by atoms with E-state index in [2.05, 4.69) is 0 Å². The largest absolute Gasteiger partial charge is 0.497 e. The monoisotopic (exact) mass is 774 g/mol. The second kappa shape index (κ2) is 13.9. The highest BCUT2D eigenvalue weighted by Crippen LogP contribution is 2.63. The van der Waals surface area contributed by atoms with Crippen molar-refractivity contribution in [2.24, 2.45) is 0 Å². The van der Waals surface area contributed by atoms with Gasteiger partial charge in [0.05, 0.1) is 41.0 Å². The van der Waals surface area contributed by atoms with E-state index in [0.717, 1.165) is 12.5 Å². The molecule has 0 saturated carbocycles. The maximum absolute atomic E-state index is 13.4. The van der Waals surface area contributed by atoms with Crippen molar-refractivity contribution in [1.29, 1.82) is 0 Å². The first kappa shape index (κ1) is 37.1. The number of benzene rings is 5. The van der Waals surface area contributed by atoms with Crippen molar-refractivity contribution in [3.05, 3.63) is 143 Å². The lowest BCUT2D eigenvalue weighted by atomic mass is 9.76. The Balaban J connectivity index is 1.58. The van der Waals surface area contributed by atoms with E-state index in [1.165, 1.54) is 28.4 Å². The number of hydrogen-bond donors (Lipinski definition) is 0. The fourth-order valence-electron chi connectivity index (χ4n) is 7.34. The van der Waals surface area contributed by atoms with Crippen LogP contribution in [0.25, 0.3) is 0 Å². The van der Waals surface area contributed by atoms with Gasteiger partial charge in [-0.3, -0.25) is 0 Å². The molecule has 0 aliphatic carbocycles. The summed E-state index contributed by atoms with van der Waals surface area (Å²) in [5.41, 5.74) is -1.39. The number of methoxy groups -OCH3 is 4. The summed E-state index contributed by atoms with van der Waals surface area (Å²) in [5, 5.41) is 0. The average Bonchev–Trinajstić information content (AvgIpc) is 3.65. The third-order valence-corrected chi connectivity index (χ3v) is 10.6. The number of rotatable bonds is 12. The fourth-order valence-corrected chi connectivity index (χ4v) is 8.84. The molecule has 0 fully saturated rings. The van der Waals surface area contributed by atoms with Crippen LogP contribution in [0.5, 0.6) is 34.5 Å². The van der Waals surface area contributed by atoms with Crippen molar-refractivity contribution >= 4 is 20.2 Å². The SMILES string of the molecule is COc1cc(OC)cc(C2Oc3cc4c(cc3C2(OS(C)(=O)=O)c2ccccc2)C(OS(C)(=O)=O)(c2ccccc2)C(c2cc(OC)cc(OC)c2)O4)c1. The van der Waals surface area contributed by atoms with Gasteiger partial charge in [0.1, 0.15) is 34.5 Å². The van der Waals surface area contributed by atoms with Crippen molar-refractivity contribution in [3.8, 4) is 34.5 Å². The highest BCUT2D eigenvalue weighted by Gasteiger charge is 2.60. The lowest BCUT2D eigenvalue weighted by Gasteiger charge is -2.36. The Hall–Kier alpha value is -5.28. The minimum absolute atomic E-state index is 0.221. The molecule has 0 spiro atoms. The van der Waals surface area contributed by atoms with Crippen LogP contribution in [0.3, 0.4) is 0 Å². The zero-order valence-corrected chi connectivity index (χ0v) is 31.9. The van der Waals surface area contributed by atoms with E-state index < -0.39 is 43.6 Å². The van der Waals surface area contributed by atoms with E-state index in [9.17, 15) is 16.8 Å². The predicted octanol–water partition coefficient (Wildman–Crippen LogP) is 6.43. The summed E-state index contributed by atoms with van der Waals surface area (Å²) in [4.78, 5) is 0. The van der Waals surface area contributed by atoms with Gasteiger partial charge in [-0.1, -0.05) is 60.7 Å². The molecule has 4 unspecified atom stereocenters. The molecule has 0 amide bonds. The molecule has 282 valence electrons. The molecule has 5 aromatic carbocycles. The summed E-state index contributed by atoms with van der Waals surface area (Å²) in [5.74, 6) is 2.15. The summed E-state index contributed by atoms with van der Waals surface area (Å²) in [7, 11) is -2.50. The summed E-state index contributed by atoms with van der Waals surface area (Å²) >= 11 is 0. The highest BCUT2D eigenvalue weighted by atomic mass is 32.2. The van der Waals surface area contributed by atoms with Crippen molar-refractivity contribution in [2.45, 2.75) is 23.4 Å². The Morgan fingerprint density at radius 3 is 1.11 bits per heavy atom. The Morgan fingerprint density at radius 2 is 0.815 bits per heavy atom. The van der Waals surface area contributed by atoms with Crippen LogP contribution in [0.4, 0.5) is 0 Å². The Labute approximate surface area is 314 Å². The molecule has 12 nitrogen and oxygen atoms in total. The molecule has 14 heteroatoms. The lowest BCUT2D eigenvalue weighted by Crippen LogP contribution is -2.39. The van der Waals surface area contributed by atoms with Gasteiger partial charge in [0.15, 0.2) is 23.4 Å². The van der Waals surface area contributed by atoms with Gasteiger partial charge >= 0.3 is 0 Å². The van der Waals surface area contributed by atoms with E-state index in [0.29, 0.717) is 45.3 Å². The molecule has 0 bridgehead atoms. The molecular formula is C40H38O12S2. The maximum Gasteiger partial charge on any atom is 0.265 e. The summed E-state index contributed by atoms with van der Waals surface area (Å²) in [6.07, 6.45) is -0.362. The van der Waals surface area contributed by atoms with E-state index in [-0.39, 0.29) is 22.6 Å². The summed E-state index contributed by atoms with van der Waals surface area (Å²) < 4.78 is 102. The first-order chi connectivity index (χ1) is 25.7. The number of ether oxygens (including phenoxy) is 6. The summed E-state index contributed by atoms with van der Waals surface area (Å²) in [6, 6.07) is 31.0. The van der Waals surface area contributed by atoms with Crippen molar-refractivity contribution < 1.29 is 53.6 Å². The molecule has 0 radical (unpaired) electrons. The lowest BCUT2D eigenvalue weighted by molar-refractivity contribution is 0.0163. The molecule has 0 N–H and O–H groups in total. The maximum atomic E-state index is 13.4. The topological polar surface area (TPSA) is 142 Å². The van der Waals surface area contributed by atoms with Gasteiger partial charge in [-0.2, -0.15) is 16.8 Å². The van der Waals surface area contributed by atoms with Gasteiger partial charge in [-0.05, 0) is 41.5 Å². The summed E-state index contributed by atoms with van der Waals surface area (Å²) in [6.45, 7) is 0. The van der Waals surface area contributed by atoms with Gasteiger partial charge in [-0.25, -0.2) is 8.37 Å². The quantitative estimate of drug-likeness (QED) is 0.129. The molecule has 5 aromatic rings. The first-order valence-electron chi connectivity index (χ1n) is 16.6. The molecule has 4 atom stereocenters. The second-order valence-corrected chi connectivity index (χ2v) is 16.1. The molecule has 2 heterocycles. The minimum Gasteiger partial charge on any atom is -0.497 e. The van der Waals surface area contributed by atoms with Crippen LogP contribution in [0.15, 0.2) is 109 Å². The van der Waals surface area contributed by atoms with Gasteiger partial charge in [0.25, 0.3) is 20.2 Å². The zero-order chi connectivity index (χ0) is 38.5. The first-order valence-corrected chi connectivity index (χ1v) is 20.3. The molecular weight excluding hydrogens is 737 g/mol. The van der Waals surface area contributed by atoms with Gasteiger partial charge in [-0.15, -0.1) is 0 Å². The standard InChI is InChI=1S/C40H38O12S2/c1-45-29-17-25(18-30(21-29)46-2)37-39(51-53(5,41)42,27-13-9-7-10-14-27)33-23-34-36(24-35(33)49-37)50-38(26-19-31(47-3)22-32(20-26)48-4)40(34,52-54(6,43)44)28-15-11-8-12-16-28/h7-24,37-38H,1-6H3. The smallest absolute Gasteiger partial charge is 0.265 e. The van der Waals surface area contributed by atoms with Crippen LogP contribution in [0, 0.1) is 0 Å². The van der Waals surface area contributed by atoms with E-state index in [1.807, 2.05) is 0 Å². The Kier molecular flexibility index (Phi) is 9.50. The zero-order valence-electron chi connectivity index (χ0n) is 30.3. The molecule has 54 heavy (non-hydrogen) atoms. The van der Waals surface area contributed by atoms with Gasteiger partial charge < -0.3 is 28.4 Å². The van der Waals surface area contributed by atoms with Gasteiger partial charge in [0.2, 0.25) is 0 Å². The van der Waals surface area contributed by atoms with Crippen LogP contribution in [0.2, 0.25) is 0 Å². The molecule has 2 aliphatic heterocycles. The van der Waals surface area contributed by atoms with Gasteiger partial charge in [0, 0.05) is 40.5 Å². The number of fused-ring (bicyclic) bond motifs is 2.